The van der Waals surface area contributed by atoms with Gasteiger partial charge in [0.25, 0.3) is 0 Å². The van der Waals surface area contributed by atoms with Gasteiger partial charge in [0.2, 0.25) is 15.9 Å². The van der Waals surface area contributed by atoms with Crippen LogP contribution in [0.5, 0.6) is 0 Å². The molecule has 2 N–H and O–H groups in total. The molecule has 1 amide bonds. The molecule has 3 fully saturated rings. The van der Waals surface area contributed by atoms with Crippen LogP contribution in [0.15, 0.2) is 64.5 Å². The number of benzene rings is 2. The van der Waals surface area contributed by atoms with Crippen LogP contribution in [0, 0.1) is 23.7 Å². The molecule has 2 aromatic carbocycles. The van der Waals surface area contributed by atoms with E-state index in [1.54, 1.807) is 31.2 Å². The Hall–Kier alpha value is -2.87. The Balaban J connectivity index is 1.14. The molecule has 4 aliphatic rings. The summed E-state index contributed by atoms with van der Waals surface area (Å²) in [6, 6.07) is 15.4. The van der Waals surface area contributed by atoms with E-state index >= 15 is 0 Å². The van der Waals surface area contributed by atoms with Crippen molar-refractivity contribution in [3.63, 3.8) is 0 Å². The third-order valence-corrected chi connectivity index (χ3v) is 11.3. The minimum Gasteiger partial charge on any atom is -0.471 e. The maximum atomic E-state index is 13.9. The van der Waals surface area contributed by atoms with Gasteiger partial charge in [-0.25, -0.2) is 8.42 Å². The maximum Gasteiger partial charge on any atom is 0.246 e. The molecule has 0 aromatic heterocycles. The van der Waals surface area contributed by atoms with E-state index in [0.717, 1.165) is 17.5 Å². The molecular formula is C34H45N3O8S. The van der Waals surface area contributed by atoms with Gasteiger partial charge < -0.3 is 29.4 Å². The van der Waals surface area contributed by atoms with Crippen LogP contribution in [0.2, 0.25) is 0 Å². The quantitative estimate of drug-likeness (QED) is 0.317. The van der Waals surface area contributed by atoms with Crippen LogP contribution in [0.4, 0.5) is 0 Å². The summed E-state index contributed by atoms with van der Waals surface area (Å²) < 4.78 is 52.6. The predicted molar refractivity (Wildman–Crippen MR) is 170 cm³/mol. The molecule has 12 heteroatoms. The normalized spacial score (nSPS) is 28.3. The van der Waals surface area contributed by atoms with Crippen molar-refractivity contribution in [3.8, 4) is 0 Å². The highest BCUT2D eigenvalue weighted by molar-refractivity contribution is 7.89. The second-order valence-corrected chi connectivity index (χ2v) is 15.3. The third-order valence-electron chi connectivity index (χ3n) is 9.45. The average Bonchev–Trinajstić information content (AvgIpc) is 3.73. The molecule has 1 saturated carbocycles. The largest absolute Gasteiger partial charge is 0.471 e. The third kappa shape index (κ3) is 7.32. The molecule has 2 bridgehead atoms. The monoisotopic (exact) mass is 655 g/mol. The Bertz CT molecular complexity index is 1490. The van der Waals surface area contributed by atoms with Crippen molar-refractivity contribution >= 4 is 21.8 Å². The van der Waals surface area contributed by atoms with Crippen molar-refractivity contribution in [2.75, 3.05) is 39.5 Å². The number of ether oxygens (including phenoxy) is 4. The number of rotatable bonds is 14. The number of amides is 1. The fourth-order valence-electron chi connectivity index (χ4n) is 7.18. The summed E-state index contributed by atoms with van der Waals surface area (Å²) in [5.41, 5.74) is 1.75. The topological polar surface area (TPSA) is 136 Å². The Morgan fingerprint density at radius 2 is 1.80 bits per heavy atom. The molecule has 0 spiro atoms. The summed E-state index contributed by atoms with van der Waals surface area (Å²) in [4.78, 5) is 17.7. The van der Waals surface area contributed by atoms with Gasteiger partial charge in [0, 0.05) is 37.8 Å². The van der Waals surface area contributed by atoms with Crippen LogP contribution in [0.25, 0.3) is 0 Å². The molecule has 6 rings (SSSR count). The fourth-order valence-corrected chi connectivity index (χ4v) is 8.80. The standard InChI is InChI=1S/C34H45N3O8S/c1-21(2)16-37(46(40,41)26-11-9-24(10-12-26)31-15-35-22(3)45-31)17-30(38)29(13-23-7-5-4-6-8-23)36-32(39)20-42-33-25-14-27-28(33)19-44-34(27)43-18-25/h4-12,21,25,27-31,33-34,38H,13-20H2,1-3H3,(H,36,39)/t25?,27?,28?,29-,30+,31?,33?,34?/m0/s1. The van der Waals surface area contributed by atoms with Crippen molar-refractivity contribution in [3.05, 3.63) is 65.7 Å². The summed E-state index contributed by atoms with van der Waals surface area (Å²) in [5, 5.41) is 14.6. The van der Waals surface area contributed by atoms with Crippen LogP contribution in [0.1, 0.15) is 44.4 Å². The number of carbonyl (C=O) groups excluding carboxylic acids is 1. The number of aliphatic imine (C=N–C) groups is 1. The molecule has 6 unspecified atom stereocenters. The van der Waals surface area contributed by atoms with Gasteiger partial charge in [0.05, 0.1) is 42.9 Å². The number of aliphatic hydroxyl groups is 1. The zero-order valence-corrected chi connectivity index (χ0v) is 27.5. The molecule has 3 aliphatic heterocycles. The minimum atomic E-state index is -3.97. The van der Waals surface area contributed by atoms with Crippen molar-refractivity contribution in [1.82, 2.24) is 9.62 Å². The molecule has 11 nitrogen and oxygen atoms in total. The summed E-state index contributed by atoms with van der Waals surface area (Å²) in [6.45, 7) is 7.12. The molecule has 2 aromatic rings. The van der Waals surface area contributed by atoms with E-state index < -0.39 is 22.2 Å². The average molecular weight is 656 g/mol. The summed E-state index contributed by atoms with van der Waals surface area (Å²) >= 11 is 0. The first-order valence-corrected chi connectivity index (χ1v) is 17.7. The number of aliphatic hydroxyl groups excluding tert-OH is 1. The number of carbonyl (C=O) groups is 1. The first-order chi connectivity index (χ1) is 22.1. The molecule has 2 saturated heterocycles. The van der Waals surface area contributed by atoms with Crippen LogP contribution in [-0.4, -0.2) is 93.6 Å². The summed E-state index contributed by atoms with van der Waals surface area (Å²) in [5.74, 6) is 1.000. The second-order valence-electron chi connectivity index (χ2n) is 13.3. The van der Waals surface area contributed by atoms with Crippen molar-refractivity contribution in [2.24, 2.45) is 28.7 Å². The molecule has 3 heterocycles. The van der Waals surface area contributed by atoms with Gasteiger partial charge in [-0.05, 0) is 42.0 Å². The van der Waals surface area contributed by atoms with E-state index in [-0.39, 0.29) is 66.8 Å². The highest BCUT2D eigenvalue weighted by atomic mass is 32.2. The lowest BCUT2D eigenvalue weighted by atomic mass is 9.98. The summed E-state index contributed by atoms with van der Waals surface area (Å²) in [7, 11) is -3.97. The van der Waals surface area contributed by atoms with Gasteiger partial charge in [0.1, 0.15) is 12.7 Å². The second kappa shape index (κ2) is 14.1. The highest BCUT2D eigenvalue weighted by Crippen LogP contribution is 2.49. The number of nitrogens with one attached hydrogen (secondary N) is 1. The number of sulfonamides is 1. The number of fused-ring (bicyclic) bond motifs is 1. The van der Waals surface area contributed by atoms with E-state index in [4.69, 9.17) is 18.9 Å². The van der Waals surface area contributed by atoms with Crippen LogP contribution in [0.3, 0.4) is 0 Å². The highest BCUT2D eigenvalue weighted by Gasteiger charge is 2.55. The Labute approximate surface area is 271 Å². The maximum absolute atomic E-state index is 13.9. The Kier molecular flexibility index (Phi) is 10.1. The van der Waals surface area contributed by atoms with Crippen LogP contribution < -0.4 is 5.32 Å². The van der Waals surface area contributed by atoms with E-state index in [2.05, 4.69) is 10.3 Å². The van der Waals surface area contributed by atoms with Crippen molar-refractivity contribution in [2.45, 2.75) is 69.2 Å². The Morgan fingerprint density at radius 3 is 2.50 bits per heavy atom. The van der Waals surface area contributed by atoms with E-state index in [9.17, 15) is 18.3 Å². The molecule has 8 atom stereocenters. The molecular weight excluding hydrogens is 610 g/mol. The van der Waals surface area contributed by atoms with Gasteiger partial charge in [-0.15, -0.1) is 0 Å². The van der Waals surface area contributed by atoms with Gasteiger partial charge in [-0.3, -0.25) is 9.79 Å². The smallest absolute Gasteiger partial charge is 0.246 e. The van der Waals surface area contributed by atoms with E-state index in [0.29, 0.717) is 38.0 Å². The predicted octanol–water partition coefficient (Wildman–Crippen LogP) is 2.94. The number of hydrogen-bond acceptors (Lipinski definition) is 9. The Morgan fingerprint density at radius 1 is 1.07 bits per heavy atom. The van der Waals surface area contributed by atoms with Gasteiger partial charge >= 0.3 is 0 Å². The summed E-state index contributed by atoms with van der Waals surface area (Å²) in [6.07, 6.45) is -0.412. The lowest BCUT2D eigenvalue weighted by molar-refractivity contribution is -0.173. The molecule has 1 aliphatic carbocycles. The fraction of sp³-hybridized carbons (Fsp3) is 0.588. The lowest BCUT2D eigenvalue weighted by Crippen LogP contribution is -2.52. The van der Waals surface area contributed by atoms with Gasteiger partial charge in [0.15, 0.2) is 12.2 Å². The van der Waals surface area contributed by atoms with Gasteiger partial charge in [-0.2, -0.15) is 4.31 Å². The zero-order valence-electron chi connectivity index (χ0n) is 26.7. The first kappa shape index (κ1) is 33.0. The number of hydrogen-bond donors (Lipinski definition) is 2. The van der Waals surface area contributed by atoms with Crippen molar-refractivity contribution < 1.29 is 37.3 Å². The zero-order chi connectivity index (χ0) is 32.4. The minimum absolute atomic E-state index is 0.00204. The first-order valence-electron chi connectivity index (χ1n) is 16.2. The van der Waals surface area contributed by atoms with E-state index in [1.807, 2.05) is 44.2 Å². The van der Waals surface area contributed by atoms with Crippen LogP contribution >= 0.6 is 0 Å². The number of nitrogens with zero attached hydrogens (tertiary/aromatic N) is 2. The molecule has 250 valence electrons. The van der Waals surface area contributed by atoms with E-state index in [1.165, 1.54) is 4.31 Å². The molecule has 0 radical (unpaired) electrons. The lowest BCUT2D eigenvalue weighted by Gasteiger charge is -2.31. The SMILES string of the molecule is CC1=NCC(c2ccc(S(=O)(=O)N(CC(C)C)C[C@@H](O)[C@H](Cc3ccccc3)NC(=O)COC3C4COC5OCC3C5C4)cc2)O1. The molecule has 46 heavy (non-hydrogen) atoms. The van der Waals surface area contributed by atoms with Crippen LogP contribution in [-0.2, 0) is 40.2 Å². The van der Waals surface area contributed by atoms with Gasteiger partial charge in [-0.1, -0.05) is 56.3 Å². The van der Waals surface area contributed by atoms with Crippen molar-refractivity contribution in [1.29, 1.82) is 0 Å².